The van der Waals surface area contributed by atoms with Crippen LogP contribution in [0, 0.1) is 0 Å². The number of carbonyl (C=O) groups excluding carboxylic acids is 1. The zero-order valence-electron chi connectivity index (χ0n) is 16.2. The quantitative estimate of drug-likeness (QED) is 0.482. The monoisotopic (exact) mass is 390 g/mol. The predicted molar refractivity (Wildman–Crippen MR) is 102 cm³/mol. The van der Waals surface area contributed by atoms with Gasteiger partial charge in [-0.1, -0.05) is 39.0 Å². The molecule has 3 N–H and O–H groups in total. The van der Waals surface area contributed by atoms with Gasteiger partial charge in [0.05, 0.1) is 19.8 Å². The number of amides is 1. The average molecular weight is 391 g/mol. The van der Waals surface area contributed by atoms with Gasteiger partial charge in [0.2, 0.25) is 5.91 Å². The molecular formula is C17H30N2O6S. The molecule has 0 fully saturated rings. The van der Waals surface area contributed by atoms with E-state index in [1.54, 1.807) is 7.11 Å². The molecule has 150 valence electrons. The molecule has 0 saturated heterocycles. The SMILES string of the molecule is COCCNC(C)C(=O)Nc1ccccc1C(C)(C)C.COS(=O)(=O)O. The number of nitrogens with one attached hydrogen (secondary N) is 2. The maximum absolute atomic E-state index is 12.2. The molecule has 1 aromatic rings. The van der Waals surface area contributed by atoms with Crippen molar-refractivity contribution in [1.29, 1.82) is 0 Å². The highest BCUT2D eigenvalue weighted by atomic mass is 32.3. The first-order valence-electron chi connectivity index (χ1n) is 8.08. The summed E-state index contributed by atoms with van der Waals surface area (Å²) in [4.78, 5) is 12.2. The van der Waals surface area contributed by atoms with E-state index in [9.17, 15) is 13.2 Å². The normalized spacial score (nSPS) is 12.7. The summed E-state index contributed by atoms with van der Waals surface area (Å²) in [6.45, 7) is 9.52. The van der Waals surface area contributed by atoms with Gasteiger partial charge in [0, 0.05) is 19.3 Å². The van der Waals surface area contributed by atoms with Crippen molar-refractivity contribution in [2.75, 3.05) is 32.7 Å². The van der Waals surface area contributed by atoms with Gasteiger partial charge >= 0.3 is 10.4 Å². The molecule has 1 amide bonds. The number of hydrogen-bond donors (Lipinski definition) is 3. The van der Waals surface area contributed by atoms with Crippen LogP contribution in [0.5, 0.6) is 0 Å². The Kier molecular flexibility index (Phi) is 10.6. The molecule has 1 rings (SSSR count). The number of ether oxygens (including phenoxy) is 1. The van der Waals surface area contributed by atoms with Crippen molar-refractivity contribution in [2.45, 2.75) is 39.2 Å². The van der Waals surface area contributed by atoms with Crippen LogP contribution in [-0.2, 0) is 29.5 Å². The van der Waals surface area contributed by atoms with E-state index in [2.05, 4.69) is 41.7 Å². The number of anilines is 1. The Balaban J connectivity index is 0.000000896. The molecule has 0 aliphatic heterocycles. The smallest absolute Gasteiger partial charge is 0.383 e. The lowest BCUT2D eigenvalue weighted by Gasteiger charge is -2.24. The third-order valence-electron chi connectivity index (χ3n) is 3.35. The number of benzene rings is 1. The van der Waals surface area contributed by atoms with Crippen LogP contribution in [0.25, 0.3) is 0 Å². The highest BCUT2D eigenvalue weighted by Gasteiger charge is 2.20. The Morgan fingerprint density at radius 2 is 1.77 bits per heavy atom. The summed E-state index contributed by atoms with van der Waals surface area (Å²) in [7, 11) is -1.65. The van der Waals surface area contributed by atoms with Crippen LogP contribution in [0.2, 0.25) is 0 Å². The number of methoxy groups -OCH3 is 1. The number of carbonyl (C=O) groups is 1. The molecule has 1 atom stereocenters. The van der Waals surface area contributed by atoms with Crippen molar-refractivity contribution in [3.8, 4) is 0 Å². The molecule has 0 aromatic heterocycles. The van der Waals surface area contributed by atoms with Gasteiger partial charge in [-0.3, -0.25) is 13.5 Å². The van der Waals surface area contributed by atoms with E-state index in [1.165, 1.54) is 0 Å². The van der Waals surface area contributed by atoms with Gasteiger partial charge in [-0.05, 0) is 24.0 Å². The van der Waals surface area contributed by atoms with Crippen molar-refractivity contribution < 1.29 is 26.7 Å². The summed E-state index contributed by atoms with van der Waals surface area (Å²) in [6, 6.07) is 7.68. The van der Waals surface area contributed by atoms with E-state index in [4.69, 9.17) is 9.29 Å². The third kappa shape index (κ3) is 10.5. The van der Waals surface area contributed by atoms with E-state index >= 15 is 0 Å². The molecule has 9 heteroatoms. The van der Waals surface area contributed by atoms with Crippen molar-refractivity contribution in [3.05, 3.63) is 29.8 Å². The number of para-hydroxylation sites is 1. The van der Waals surface area contributed by atoms with Crippen molar-refractivity contribution in [3.63, 3.8) is 0 Å². The van der Waals surface area contributed by atoms with Crippen LogP contribution in [0.1, 0.15) is 33.3 Å². The lowest BCUT2D eigenvalue weighted by molar-refractivity contribution is -0.117. The summed E-state index contributed by atoms with van der Waals surface area (Å²) >= 11 is 0. The highest BCUT2D eigenvalue weighted by Crippen LogP contribution is 2.29. The van der Waals surface area contributed by atoms with Crippen LogP contribution in [-0.4, -0.2) is 52.3 Å². The van der Waals surface area contributed by atoms with Crippen LogP contribution >= 0.6 is 0 Å². The molecule has 0 radical (unpaired) electrons. The Bertz CT molecular complexity index is 655. The topological polar surface area (TPSA) is 114 Å². The summed E-state index contributed by atoms with van der Waals surface area (Å²) < 4.78 is 34.7. The standard InChI is InChI=1S/C16H26N2O2.CH4O4S/c1-12(17-10-11-20-5)15(19)18-14-9-7-6-8-13(14)16(2,3)4;1-5-6(2,3)4/h6-9,12,17H,10-11H2,1-5H3,(H,18,19);1H3,(H,2,3,4). The second kappa shape index (κ2) is 11.2. The molecular weight excluding hydrogens is 360 g/mol. The Labute approximate surface area is 156 Å². The van der Waals surface area contributed by atoms with Gasteiger partial charge in [-0.2, -0.15) is 8.42 Å². The van der Waals surface area contributed by atoms with Gasteiger partial charge in [0.25, 0.3) is 0 Å². The first-order chi connectivity index (χ1) is 11.9. The minimum Gasteiger partial charge on any atom is -0.383 e. The summed E-state index contributed by atoms with van der Waals surface area (Å²) in [6.07, 6.45) is 0. The molecule has 8 nitrogen and oxygen atoms in total. The Morgan fingerprint density at radius 1 is 1.23 bits per heavy atom. The van der Waals surface area contributed by atoms with Gasteiger partial charge in [0.1, 0.15) is 0 Å². The fraction of sp³-hybridized carbons (Fsp3) is 0.588. The van der Waals surface area contributed by atoms with Gasteiger partial charge in [-0.15, -0.1) is 0 Å². The Morgan fingerprint density at radius 3 is 2.23 bits per heavy atom. The predicted octanol–water partition coefficient (Wildman–Crippen LogP) is 1.98. The first-order valence-corrected chi connectivity index (χ1v) is 9.44. The molecule has 0 aliphatic carbocycles. The van der Waals surface area contributed by atoms with Crippen LogP contribution in [0.3, 0.4) is 0 Å². The molecule has 0 saturated carbocycles. The van der Waals surface area contributed by atoms with Crippen molar-refractivity contribution in [2.24, 2.45) is 0 Å². The summed E-state index contributed by atoms with van der Waals surface area (Å²) in [5.41, 5.74) is 2.01. The Hall–Kier alpha value is -1.52. The second-order valence-electron chi connectivity index (χ2n) is 6.55. The maximum atomic E-state index is 12.2. The highest BCUT2D eigenvalue weighted by molar-refractivity contribution is 7.80. The van der Waals surface area contributed by atoms with Crippen LogP contribution in [0.4, 0.5) is 5.69 Å². The lowest BCUT2D eigenvalue weighted by atomic mass is 9.86. The first kappa shape index (κ1) is 24.5. The van der Waals surface area contributed by atoms with E-state index in [0.717, 1.165) is 18.4 Å². The largest absolute Gasteiger partial charge is 0.397 e. The van der Waals surface area contributed by atoms with E-state index in [0.29, 0.717) is 13.2 Å². The minimum absolute atomic E-state index is 0.00338. The summed E-state index contributed by atoms with van der Waals surface area (Å²) in [5, 5.41) is 6.13. The van der Waals surface area contributed by atoms with Gasteiger partial charge in [-0.25, -0.2) is 0 Å². The van der Waals surface area contributed by atoms with Gasteiger partial charge in [0.15, 0.2) is 0 Å². The fourth-order valence-corrected chi connectivity index (χ4v) is 1.96. The molecule has 26 heavy (non-hydrogen) atoms. The number of rotatable bonds is 7. The zero-order valence-corrected chi connectivity index (χ0v) is 17.0. The molecule has 0 heterocycles. The third-order valence-corrected chi connectivity index (χ3v) is 3.77. The zero-order chi connectivity index (χ0) is 20.4. The number of hydrogen-bond acceptors (Lipinski definition) is 6. The molecule has 0 bridgehead atoms. The lowest BCUT2D eigenvalue weighted by Crippen LogP contribution is -2.39. The molecule has 0 spiro atoms. The van der Waals surface area contributed by atoms with Crippen LogP contribution < -0.4 is 10.6 Å². The molecule has 0 aliphatic rings. The van der Waals surface area contributed by atoms with Crippen molar-refractivity contribution in [1.82, 2.24) is 5.32 Å². The fourth-order valence-electron chi connectivity index (χ4n) is 1.96. The van der Waals surface area contributed by atoms with Crippen LogP contribution in [0.15, 0.2) is 24.3 Å². The van der Waals surface area contributed by atoms with E-state index in [-0.39, 0.29) is 17.4 Å². The average Bonchev–Trinajstić information content (AvgIpc) is 2.54. The van der Waals surface area contributed by atoms with Gasteiger partial charge < -0.3 is 15.4 Å². The molecule has 1 aromatic carbocycles. The molecule has 1 unspecified atom stereocenters. The minimum atomic E-state index is -4.16. The summed E-state index contributed by atoms with van der Waals surface area (Å²) in [5.74, 6) is -0.0298. The van der Waals surface area contributed by atoms with E-state index < -0.39 is 10.4 Å². The maximum Gasteiger partial charge on any atom is 0.397 e. The van der Waals surface area contributed by atoms with Crippen molar-refractivity contribution >= 4 is 22.0 Å². The van der Waals surface area contributed by atoms with E-state index in [1.807, 2.05) is 25.1 Å². The second-order valence-corrected chi connectivity index (χ2v) is 7.74.